The number of rotatable bonds is 5. The van der Waals surface area contributed by atoms with E-state index in [9.17, 15) is 9.59 Å². The molecule has 0 saturated heterocycles. The van der Waals surface area contributed by atoms with Gasteiger partial charge in [0, 0.05) is 26.1 Å². The van der Waals surface area contributed by atoms with Crippen LogP contribution >= 0.6 is 0 Å². The number of hydrogen-bond donors (Lipinski definition) is 1. The number of carbonyl (C=O) groups excluding carboxylic acids is 2. The standard InChI is InChI=1S/C13H24N2O3/c1-15(9-5-8-12(16)18-2)13(17)10-6-3-4-7-11(10)14/h10-11H,3-9,14H2,1-2H3. The molecular formula is C13H24N2O3. The van der Waals surface area contributed by atoms with Crippen LogP contribution in [0.4, 0.5) is 0 Å². The number of ether oxygens (including phenoxy) is 1. The lowest BCUT2D eigenvalue weighted by Gasteiger charge is -2.31. The first kappa shape index (κ1) is 15.0. The fourth-order valence-electron chi connectivity index (χ4n) is 2.42. The van der Waals surface area contributed by atoms with Crippen molar-refractivity contribution in [2.75, 3.05) is 20.7 Å². The SMILES string of the molecule is COC(=O)CCCN(C)C(=O)C1CCCCC1N. The number of amides is 1. The van der Waals surface area contributed by atoms with Crippen LogP contribution < -0.4 is 5.73 Å². The molecule has 1 rings (SSSR count). The van der Waals surface area contributed by atoms with Gasteiger partial charge in [0.05, 0.1) is 13.0 Å². The van der Waals surface area contributed by atoms with Gasteiger partial charge in [-0.3, -0.25) is 9.59 Å². The Hall–Kier alpha value is -1.10. The molecule has 1 aliphatic rings. The summed E-state index contributed by atoms with van der Waals surface area (Å²) >= 11 is 0. The first-order chi connectivity index (χ1) is 8.56. The molecule has 0 spiro atoms. The second kappa shape index (κ2) is 7.36. The van der Waals surface area contributed by atoms with Crippen LogP contribution in [0.2, 0.25) is 0 Å². The highest BCUT2D eigenvalue weighted by molar-refractivity contribution is 5.79. The van der Waals surface area contributed by atoms with Crippen LogP contribution in [-0.2, 0) is 14.3 Å². The maximum Gasteiger partial charge on any atom is 0.305 e. The van der Waals surface area contributed by atoms with Gasteiger partial charge in [0.1, 0.15) is 0 Å². The van der Waals surface area contributed by atoms with Crippen molar-refractivity contribution >= 4 is 11.9 Å². The van der Waals surface area contributed by atoms with Crippen molar-refractivity contribution in [2.24, 2.45) is 11.7 Å². The molecular weight excluding hydrogens is 232 g/mol. The Bertz CT molecular complexity index is 294. The number of esters is 1. The second-order valence-electron chi connectivity index (χ2n) is 4.99. The average Bonchev–Trinajstić information content (AvgIpc) is 2.38. The Labute approximate surface area is 109 Å². The van der Waals surface area contributed by atoms with Gasteiger partial charge >= 0.3 is 5.97 Å². The summed E-state index contributed by atoms with van der Waals surface area (Å²) < 4.78 is 4.56. The van der Waals surface area contributed by atoms with Gasteiger partial charge < -0.3 is 15.4 Å². The maximum absolute atomic E-state index is 12.2. The molecule has 1 fully saturated rings. The summed E-state index contributed by atoms with van der Waals surface area (Å²) in [6.45, 7) is 0.581. The van der Waals surface area contributed by atoms with Gasteiger partial charge in [0.2, 0.25) is 5.91 Å². The molecule has 104 valence electrons. The van der Waals surface area contributed by atoms with Gasteiger partial charge in [-0.15, -0.1) is 0 Å². The third-order valence-corrected chi connectivity index (χ3v) is 3.61. The molecule has 2 atom stereocenters. The minimum atomic E-state index is -0.231. The van der Waals surface area contributed by atoms with Crippen molar-refractivity contribution in [1.82, 2.24) is 4.90 Å². The Balaban J connectivity index is 2.33. The fraction of sp³-hybridized carbons (Fsp3) is 0.846. The molecule has 0 aromatic rings. The van der Waals surface area contributed by atoms with E-state index in [4.69, 9.17) is 5.73 Å². The first-order valence-corrected chi connectivity index (χ1v) is 6.63. The van der Waals surface area contributed by atoms with Gasteiger partial charge in [-0.25, -0.2) is 0 Å². The predicted molar refractivity (Wildman–Crippen MR) is 68.8 cm³/mol. The van der Waals surface area contributed by atoms with Crippen molar-refractivity contribution in [1.29, 1.82) is 0 Å². The summed E-state index contributed by atoms with van der Waals surface area (Å²) in [4.78, 5) is 24.8. The first-order valence-electron chi connectivity index (χ1n) is 6.63. The fourth-order valence-corrected chi connectivity index (χ4v) is 2.42. The lowest BCUT2D eigenvalue weighted by Crippen LogP contribution is -2.44. The van der Waals surface area contributed by atoms with E-state index < -0.39 is 0 Å². The molecule has 2 N–H and O–H groups in total. The third kappa shape index (κ3) is 4.29. The molecule has 18 heavy (non-hydrogen) atoms. The average molecular weight is 256 g/mol. The van der Waals surface area contributed by atoms with Gasteiger partial charge in [0.15, 0.2) is 0 Å². The third-order valence-electron chi connectivity index (χ3n) is 3.61. The molecule has 0 aromatic heterocycles. The molecule has 1 amide bonds. The highest BCUT2D eigenvalue weighted by Gasteiger charge is 2.30. The van der Waals surface area contributed by atoms with E-state index in [0.717, 1.165) is 25.7 Å². The number of nitrogens with zero attached hydrogens (tertiary/aromatic N) is 1. The largest absolute Gasteiger partial charge is 0.469 e. The lowest BCUT2D eigenvalue weighted by atomic mass is 9.84. The highest BCUT2D eigenvalue weighted by Crippen LogP contribution is 2.24. The Morgan fingerprint density at radius 2 is 2.00 bits per heavy atom. The van der Waals surface area contributed by atoms with E-state index in [2.05, 4.69) is 4.74 Å². The summed E-state index contributed by atoms with van der Waals surface area (Å²) in [7, 11) is 3.15. The van der Waals surface area contributed by atoms with Gasteiger partial charge in [-0.05, 0) is 19.3 Å². The molecule has 0 heterocycles. The van der Waals surface area contributed by atoms with E-state index in [1.165, 1.54) is 7.11 Å². The highest BCUT2D eigenvalue weighted by atomic mass is 16.5. The van der Waals surface area contributed by atoms with E-state index in [0.29, 0.717) is 19.4 Å². The van der Waals surface area contributed by atoms with Crippen LogP contribution in [0.25, 0.3) is 0 Å². The zero-order valence-corrected chi connectivity index (χ0v) is 11.4. The van der Waals surface area contributed by atoms with Gasteiger partial charge in [-0.2, -0.15) is 0 Å². The van der Waals surface area contributed by atoms with Crippen LogP contribution in [0, 0.1) is 5.92 Å². The van der Waals surface area contributed by atoms with Gasteiger partial charge in [-0.1, -0.05) is 12.8 Å². The molecule has 2 unspecified atom stereocenters. The molecule has 5 heteroatoms. The number of hydrogen-bond acceptors (Lipinski definition) is 4. The van der Waals surface area contributed by atoms with Crippen molar-refractivity contribution < 1.29 is 14.3 Å². The van der Waals surface area contributed by atoms with Crippen LogP contribution in [0.1, 0.15) is 38.5 Å². The molecule has 0 aromatic carbocycles. The number of methoxy groups -OCH3 is 1. The van der Waals surface area contributed by atoms with E-state index in [-0.39, 0.29) is 23.8 Å². The smallest absolute Gasteiger partial charge is 0.305 e. The summed E-state index contributed by atoms with van der Waals surface area (Å²) in [6, 6.07) is -0.00527. The summed E-state index contributed by atoms with van der Waals surface area (Å²) in [5.74, 6) is -0.154. The van der Waals surface area contributed by atoms with E-state index >= 15 is 0 Å². The van der Waals surface area contributed by atoms with Crippen molar-refractivity contribution in [2.45, 2.75) is 44.6 Å². The summed E-state index contributed by atoms with van der Waals surface area (Å²) in [5, 5.41) is 0. The van der Waals surface area contributed by atoms with Gasteiger partial charge in [0.25, 0.3) is 0 Å². The lowest BCUT2D eigenvalue weighted by molar-refractivity contribution is -0.141. The Morgan fingerprint density at radius 1 is 1.33 bits per heavy atom. The predicted octanol–water partition coefficient (Wildman–Crippen LogP) is 0.915. The molecule has 0 bridgehead atoms. The second-order valence-corrected chi connectivity index (χ2v) is 4.99. The molecule has 1 saturated carbocycles. The topological polar surface area (TPSA) is 72.6 Å². The Kier molecular flexibility index (Phi) is 6.12. The molecule has 5 nitrogen and oxygen atoms in total. The minimum absolute atomic E-state index is 0.00527. The summed E-state index contributed by atoms with van der Waals surface area (Å²) in [5.41, 5.74) is 5.99. The zero-order chi connectivity index (χ0) is 13.5. The molecule has 0 aliphatic heterocycles. The van der Waals surface area contributed by atoms with Crippen LogP contribution in [-0.4, -0.2) is 43.5 Å². The number of nitrogens with two attached hydrogens (primary N) is 1. The number of carbonyl (C=O) groups is 2. The maximum atomic E-state index is 12.2. The normalized spacial score (nSPS) is 23.5. The zero-order valence-electron chi connectivity index (χ0n) is 11.4. The van der Waals surface area contributed by atoms with Crippen LogP contribution in [0.15, 0.2) is 0 Å². The van der Waals surface area contributed by atoms with Crippen LogP contribution in [0.5, 0.6) is 0 Å². The van der Waals surface area contributed by atoms with Crippen molar-refractivity contribution in [3.63, 3.8) is 0 Å². The summed E-state index contributed by atoms with van der Waals surface area (Å²) in [6.07, 6.45) is 5.02. The van der Waals surface area contributed by atoms with E-state index in [1.807, 2.05) is 0 Å². The quantitative estimate of drug-likeness (QED) is 0.742. The minimum Gasteiger partial charge on any atom is -0.469 e. The monoisotopic (exact) mass is 256 g/mol. The van der Waals surface area contributed by atoms with Crippen molar-refractivity contribution in [3.05, 3.63) is 0 Å². The molecule has 1 aliphatic carbocycles. The van der Waals surface area contributed by atoms with E-state index in [1.54, 1.807) is 11.9 Å². The Morgan fingerprint density at radius 3 is 2.61 bits per heavy atom. The van der Waals surface area contributed by atoms with Crippen LogP contribution in [0.3, 0.4) is 0 Å². The van der Waals surface area contributed by atoms with Crippen molar-refractivity contribution in [3.8, 4) is 0 Å². The molecule has 0 radical (unpaired) electrons.